The second kappa shape index (κ2) is 7.34. The van der Waals surface area contributed by atoms with Crippen LogP contribution in [0.3, 0.4) is 0 Å². The van der Waals surface area contributed by atoms with E-state index in [9.17, 15) is 9.79 Å². The maximum absolute atomic E-state index is 10.4. The Bertz CT molecular complexity index is 263. The molecule has 0 saturated carbocycles. The second-order valence-electron chi connectivity index (χ2n) is 7.37. The minimum absolute atomic E-state index is 1.03. The molecule has 0 fully saturated rings. The summed E-state index contributed by atoms with van der Waals surface area (Å²) in [7, 11) is -3.93. The van der Waals surface area contributed by atoms with Gasteiger partial charge in [-0.15, -0.1) is 0 Å². The predicted octanol–water partition coefficient (Wildman–Crippen LogP) is 5.04. The topological polar surface area (TPSA) is 49.7 Å². The first-order valence-corrected chi connectivity index (χ1v) is 14.3. The van der Waals surface area contributed by atoms with Crippen molar-refractivity contribution in [3.8, 4) is 0 Å². The van der Waals surface area contributed by atoms with Crippen LogP contribution in [0.5, 0.6) is 0 Å². The molecule has 2 N–H and O–H groups in total. The van der Waals surface area contributed by atoms with Gasteiger partial charge < -0.3 is 0 Å². The first-order chi connectivity index (χ1) is 8.94. The van der Waals surface area contributed by atoms with Crippen LogP contribution in [0.2, 0.25) is 0 Å². The molecule has 0 aromatic carbocycles. The van der Waals surface area contributed by atoms with E-state index in [1.54, 1.807) is 0 Å². The zero-order valence-corrected chi connectivity index (χ0v) is 16.3. The Kier molecular flexibility index (Phi) is 7.61. The molecule has 0 amide bonds. The molecule has 0 aliphatic rings. The van der Waals surface area contributed by atoms with Gasteiger partial charge in [0.25, 0.3) is 0 Å². The summed E-state index contributed by atoms with van der Waals surface area (Å²) < 4.78 is 6.28. The van der Waals surface area contributed by atoms with Crippen molar-refractivity contribution < 1.29 is 14.1 Å². The van der Waals surface area contributed by atoms with Gasteiger partial charge in [0.05, 0.1) is 0 Å². The first kappa shape index (κ1) is 20.7. The Morgan fingerprint density at radius 1 is 0.700 bits per heavy atom. The van der Waals surface area contributed by atoms with Crippen molar-refractivity contribution in [1.82, 2.24) is 0 Å². The molecule has 0 rings (SSSR count). The molecule has 0 saturated heterocycles. The predicted molar refractivity (Wildman–Crippen MR) is 96.5 cm³/mol. The molecule has 0 unspecified atom stereocenters. The zero-order chi connectivity index (χ0) is 16.0. The van der Waals surface area contributed by atoms with Crippen molar-refractivity contribution >= 4 is 14.1 Å². The number of hydrogen-bond donors (Lipinski definition) is 2. The molecule has 0 bridgehead atoms. The summed E-state index contributed by atoms with van der Waals surface area (Å²) in [6, 6.07) is 0. The third kappa shape index (κ3) is 8.25. The normalized spacial score (nSPS) is 17.2. The molecule has 126 valence electrons. The Balaban J connectivity index is 5.40. The molecule has 3 nitrogen and oxygen atoms in total. The van der Waals surface area contributed by atoms with E-state index in [1.165, 1.54) is 13.3 Å². The standard InChI is InChI=1S/C15H38O3P2/c1-7-10-13-20(6,14-11-8-2,15-12-9-3)18-19(4,5,16)17/h16-17H,7-15H2,1-6H3. The summed E-state index contributed by atoms with van der Waals surface area (Å²) in [5.74, 6) is 0. The van der Waals surface area contributed by atoms with Crippen LogP contribution >= 0.6 is 14.1 Å². The van der Waals surface area contributed by atoms with Gasteiger partial charge in [0, 0.05) is 0 Å². The molecule has 0 aliphatic carbocycles. The molecule has 0 aromatic rings. The van der Waals surface area contributed by atoms with Gasteiger partial charge in [-0.25, -0.2) is 0 Å². The van der Waals surface area contributed by atoms with E-state index < -0.39 is 14.1 Å². The van der Waals surface area contributed by atoms with Gasteiger partial charge in [-0.2, -0.15) is 0 Å². The van der Waals surface area contributed by atoms with Gasteiger partial charge in [0.2, 0.25) is 0 Å². The third-order valence-electron chi connectivity index (χ3n) is 3.92. The Morgan fingerprint density at radius 2 is 1.00 bits per heavy atom. The van der Waals surface area contributed by atoms with Crippen LogP contribution < -0.4 is 0 Å². The molecule has 0 aliphatic heterocycles. The summed E-state index contributed by atoms with van der Waals surface area (Å²) in [5.41, 5.74) is 0. The van der Waals surface area contributed by atoms with Gasteiger partial charge in [0.1, 0.15) is 0 Å². The molecular formula is C15H38O3P2. The maximum atomic E-state index is 10.4. The van der Waals surface area contributed by atoms with Gasteiger partial charge in [-0.1, -0.05) is 0 Å². The van der Waals surface area contributed by atoms with Gasteiger partial charge in [-0.3, -0.25) is 0 Å². The Morgan fingerprint density at radius 3 is 1.20 bits per heavy atom. The van der Waals surface area contributed by atoms with Crippen molar-refractivity contribution in [3.05, 3.63) is 0 Å². The summed E-state index contributed by atoms with van der Waals surface area (Å²) in [6.45, 7) is 9.33. The molecule has 0 spiro atoms. The Labute approximate surface area is 126 Å². The molecule has 0 aromatic heterocycles. The van der Waals surface area contributed by atoms with Crippen LogP contribution in [0.4, 0.5) is 0 Å². The van der Waals surface area contributed by atoms with Crippen LogP contribution in [0, 0.1) is 0 Å². The van der Waals surface area contributed by atoms with Crippen molar-refractivity contribution in [2.75, 3.05) is 38.5 Å². The zero-order valence-electron chi connectivity index (χ0n) is 14.6. The van der Waals surface area contributed by atoms with E-state index in [1.807, 2.05) is 0 Å². The summed E-state index contributed by atoms with van der Waals surface area (Å²) >= 11 is 0. The molecule has 20 heavy (non-hydrogen) atoms. The van der Waals surface area contributed by atoms with Gasteiger partial charge in [0.15, 0.2) is 0 Å². The molecule has 5 heteroatoms. The summed E-state index contributed by atoms with van der Waals surface area (Å²) in [5, 5.41) is 0. The van der Waals surface area contributed by atoms with Crippen molar-refractivity contribution in [1.29, 1.82) is 0 Å². The van der Waals surface area contributed by atoms with Crippen LogP contribution in [0.25, 0.3) is 0 Å². The fourth-order valence-corrected chi connectivity index (χ4v) is 14.2. The molecule has 0 atom stereocenters. The number of hydrogen-bond acceptors (Lipinski definition) is 3. The number of unbranched alkanes of at least 4 members (excludes halogenated alkanes) is 3. The fourth-order valence-electron chi connectivity index (χ4n) is 3.01. The van der Waals surface area contributed by atoms with E-state index in [-0.39, 0.29) is 0 Å². The minimum atomic E-state index is -3.93. The summed E-state index contributed by atoms with van der Waals surface area (Å²) in [4.78, 5) is 20.8. The van der Waals surface area contributed by atoms with E-state index in [0.717, 1.165) is 57.0 Å². The van der Waals surface area contributed by atoms with Crippen LogP contribution in [0.15, 0.2) is 0 Å². The van der Waals surface area contributed by atoms with Crippen molar-refractivity contribution in [2.24, 2.45) is 0 Å². The fraction of sp³-hybridized carbons (Fsp3) is 1.00. The van der Waals surface area contributed by atoms with Gasteiger partial charge in [-0.05, 0) is 0 Å². The summed E-state index contributed by atoms with van der Waals surface area (Å²) in [6.07, 6.45) is 9.85. The average molecular weight is 328 g/mol. The van der Waals surface area contributed by atoms with E-state index in [2.05, 4.69) is 27.4 Å². The van der Waals surface area contributed by atoms with Crippen LogP contribution in [-0.2, 0) is 4.31 Å². The second-order valence-corrected chi connectivity index (χ2v) is 17.5. The first-order valence-electron chi connectivity index (χ1n) is 8.18. The molecular weight excluding hydrogens is 290 g/mol. The van der Waals surface area contributed by atoms with Crippen LogP contribution in [0.1, 0.15) is 59.3 Å². The molecule has 0 heterocycles. The SMILES string of the molecule is CCCCP(C)(CCCC)(CCCC)OP(C)(C)(O)O. The van der Waals surface area contributed by atoms with Gasteiger partial charge >= 0.3 is 126 Å². The Hall–Kier alpha value is 0.740. The third-order valence-corrected chi connectivity index (χ3v) is 12.6. The van der Waals surface area contributed by atoms with E-state index >= 15 is 0 Å². The average Bonchev–Trinajstić information content (AvgIpc) is 2.29. The number of rotatable bonds is 11. The monoisotopic (exact) mass is 328 g/mol. The quantitative estimate of drug-likeness (QED) is 0.522. The molecule has 0 radical (unpaired) electrons. The van der Waals surface area contributed by atoms with Crippen molar-refractivity contribution in [2.45, 2.75) is 59.3 Å². The van der Waals surface area contributed by atoms with Crippen LogP contribution in [-0.4, -0.2) is 48.3 Å². The van der Waals surface area contributed by atoms with E-state index in [4.69, 9.17) is 4.31 Å². The van der Waals surface area contributed by atoms with Crippen molar-refractivity contribution in [3.63, 3.8) is 0 Å². The van der Waals surface area contributed by atoms with E-state index in [0.29, 0.717) is 0 Å².